The van der Waals surface area contributed by atoms with Crippen molar-refractivity contribution in [2.24, 2.45) is 5.92 Å². The van der Waals surface area contributed by atoms with E-state index in [0.29, 0.717) is 25.7 Å². The van der Waals surface area contributed by atoms with Gasteiger partial charge in [0.25, 0.3) is 0 Å². The fourth-order valence-electron chi connectivity index (χ4n) is 11.0. The van der Waals surface area contributed by atoms with Crippen LogP contribution in [0.4, 0.5) is 0 Å². The van der Waals surface area contributed by atoms with Crippen LogP contribution < -0.4 is 0 Å². The molecule has 0 fully saturated rings. The monoisotopic (exact) mass is 1340 g/mol. The molecule has 19 heteroatoms. The summed E-state index contributed by atoms with van der Waals surface area (Å²) in [6.45, 7) is 7.23. The van der Waals surface area contributed by atoms with Crippen LogP contribution in [0.25, 0.3) is 0 Å². The summed E-state index contributed by atoms with van der Waals surface area (Å²) in [6.07, 6.45) is 52.7. The quantitative estimate of drug-likeness (QED) is 0.0222. The molecule has 540 valence electrons. The number of hydrogen-bond acceptors (Lipinski definition) is 15. The molecule has 0 aromatic carbocycles. The Morgan fingerprint density at radius 2 is 0.505 bits per heavy atom. The first kappa shape index (κ1) is 89.1. The van der Waals surface area contributed by atoms with E-state index < -0.39 is 97.5 Å². The SMILES string of the molecule is CCCCCCCCCCCCCCCCCCC(=O)O[C@H](COC(=O)CCCCCCCCCCCCCCCC)COP(=O)(O)OC[C@@H](O)COP(=O)(O)OC[C@@H](COC(=O)CCCCCCCCCC)OC(=O)CCCCCCCCCCCCC(C)C. The second-order valence-corrected chi connectivity index (χ2v) is 29.4. The Bertz CT molecular complexity index is 1750. The number of unbranched alkanes of at least 4 members (excludes halogenated alkanes) is 44. The zero-order valence-corrected chi connectivity index (χ0v) is 60.8. The maximum Gasteiger partial charge on any atom is 0.472 e. The third-order valence-electron chi connectivity index (χ3n) is 16.8. The fourth-order valence-corrected chi connectivity index (χ4v) is 12.6. The number of esters is 4. The first-order chi connectivity index (χ1) is 44.0. The summed E-state index contributed by atoms with van der Waals surface area (Å²) in [7, 11) is -9.90. The lowest BCUT2D eigenvalue weighted by atomic mass is 10.0. The minimum absolute atomic E-state index is 0.106. The van der Waals surface area contributed by atoms with Crippen molar-refractivity contribution in [3.8, 4) is 0 Å². The van der Waals surface area contributed by atoms with E-state index >= 15 is 0 Å². The van der Waals surface area contributed by atoms with Crippen molar-refractivity contribution in [2.45, 2.75) is 393 Å². The standard InChI is InChI=1S/C72H140O17P2/c1-6-9-12-15-18-21-23-25-27-28-30-32-37-42-47-52-57-71(76)89-68(62-83-70(75)56-51-46-41-36-31-29-26-24-22-19-16-13-10-7-2)64-87-91(80,81)85-60-66(73)59-84-90(78,79)86-63-67(61-82-69(74)55-50-45-40-20-17-14-11-8-3)88-72(77)58-53-48-43-38-34-33-35-39-44-49-54-65(4)5/h65-68,73H,6-64H2,1-5H3,(H,78,79)(H,80,81)/t66-,67+,68+/m0/s1. The summed E-state index contributed by atoms with van der Waals surface area (Å²) in [5, 5.41) is 10.6. The van der Waals surface area contributed by atoms with Crippen LogP contribution in [0.2, 0.25) is 0 Å². The van der Waals surface area contributed by atoms with E-state index in [1.807, 2.05) is 0 Å². The Balaban J connectivity index is 5.22. The van der Waals surface area contributed by atoms with Crippen LogP contribution in [0.5, 0.6) is 0 Å². The lowest BCUT2D eigenvalue weighted by molar-refractivity contribution is -0.161. The van der Waals surface area contributed by atoms with Gasteiger partial charge < -0.3 is 33.8 Å². The van der Waals surface area contributed by atoms with Crippen LogP contribution in [0, 0.1) is 5.92 Å². The van der Waals surface area contributed by atoms with Crippen molar-refractivity contribution in [3.05, 3.63) is 0 Å². The van der Waals surface area contributed by atoms with E-state index in [0.717, 1.165) is 102 Å². The Morgan fingerprint density at radius 3 is 0.747 bits per heavy atom. The number of rotatable bonds is 72. The molecule has 0 rings (SSSR count). The van der Waals surface area contributed by atoms with Gasteiger partial charge in [-0.2, -0.15) is 0 Å². The largest absolute Gasteiger partial charge is 0.472 e. The molecule has 0 saturated carbocycles. The molecule has 3 N–H and O–H groups in total. The van der Waals surface area contributed by atoms with E-state index in [1.165, 1.54) is 193 Å². The molecule has 0 aliphatic rings. The Labute approximate surface area is 556 Å². The summed E-state index contributed by atoms with van der Waals surface area (Å²) < 4.78 is 68.3. The van der Waals surface area contributed by atoms with E-state index in [4.69, 9.17) is 37.0 Å². The molecular formula is C72H140O17P2. The Kier molecular flexibility index (Phi) is 64.0. The minimum atomic E-state index is -4.95. The van der Waals surface area contributed by atoms with Gasteiger partial charge in [0, 0.05) is 25.7 Å². The van der Waals surface area contributed by atoms with Crippen LogP contribution in [0.1, 0.15) is 375 Å². The molecule has 0 heterocycles. The topological polar surface area (TPSA) is 237 Å². The van der Waals surface area contributed by atoms with Gasteiger partial charge in [0.15, 0.2) is 12.2 Å². The zero-order chi connectivity index (χ0) is 67.0. The van der Waals surface area contributed by atoms with Gasteiger partial charge in [-0.1, -0.05) is 324 Å². The maximum absolute atomic E-state index is 13.0. The highest BCUT2D eigenvalue weighted by atomic mass is 31.2. The molecule has 0 bridgehead atoms. The third kappa shape index (κ3) is 66.5. The highest BCUT2D eigenvalue weighted by Crippen LogP contribution is 2.45. The van der Waals surface area contributed by atoms with Crippen LogP contribution in [-0.2, 0) is 65.4 Å². The van der Waals surface area contributed by atoms with Crippen LogP contribution in [0.3, 0.4) is 0 Å². The minimum Gasteiger partial charge on any atom is -0.462 e. The van der Waals surface area contributed by atoms with Crippen LogP contribution >= 0.6 is 15.6 Å². The summed E-state index contributed by atoms with van der Waals surface area (Å²) in [6, 6.07) is 0. The summed E-state index contributed by atoms with van der Waals surface area (Å²) in [4.78, 5) is 72.6. The van der Waals surface area contributed by atoms with Crippen molar-refractivity contribution < 1.29 is 80.2 Å². The van der Waals surface area contributed by atoms with E-state index in [2.05, 4.69) is 34.6 Å². The van der Waals surface area contributed by atoms with Crippen molar-refractivity contribution >= 4 is 39.5 Å². The number of hydrogen-bond donors (Lipinski definition) is 3. The summed E-state index contributed by atoms with van der Waals surface area (Å²) >= 11 is 0. The van der Waals surface area contributed by atoms with Crippen molar-refractivity contribution in [2.75, 3.05) is 39.6 Å². The maximum atomic E-state index is 13.0. The molecule has 2 unspecified atom stereocenters. The van der Waals surface area contributed by atoms with Gasteiger partial charge >= 0.3 is 39.5 Å². The lowest BCUT2D eigenvalue weighted by Crippen LogP contribution is -2.30. The average molecular weight is 1340 g/mol. The second-order valence-electron chi connectivity index (χ2n) is 26.5. The first-order valence-electron chi connectivity index (χ1n) is 37.6. The van der Waals surface area contributed by atoms with Crippen LogP contribution in [0.15, 0.2) is 0 Å². The number of carbonyl (C=O) groups is 4. The van der Waals surface area contributed by atoms with Gasteiger partial charge in [0.1, 0.15) is 19.3 Å². The molecule has 0 radical (unpaired) electrons. The molecule has 91 heavy (non-hydrogen) atoms. The van der Waals surface area contributed by atoms with Crippen LogP contribution in [-0.4, -0.2) is 96.7 Å². The Morgan fingerprint density at radius 1 is 0.297 bits per heavy atom. The third-order valence-corrected chi connectivity index (χ3v) is 18.7. The van der Waals surface area contributed by atoms with Crippen molar-refractivity contribution in [3.63, 3.8) is 0 Å². The molecule has 0 amide bonds. The molecule has 0 saturated heterocycles. The molecular weight excluding hydrogens is 1200 g/mol. The molecule has 5 atom stereocenters. The molecule has 0 aliphatic carbocycles. The fraction of sp³-hybridized carbons (Fsp3) is 0.944. The highest BCUT2D eigenvalue weighted by molar-refractivity contribution is 7.47. The normalized spacial score (nSPS) is 14.0. The zero-order valence-electron chi connectivity index (χ0n) is 59.0. The Hall–Kier alpha value is -1.94. The predicted octanol–water partition coefficient (Wildman–Crippen LogP) is 20.9. The van der Waals surface area contributed by atoms with E-state index in [1.54, 1.807) is 0 Å². The number of phosphoric ester groups is 2. The number of aliphatic hydroxyl groups excluding tert-OH is 1. The highest BCUT2D eigenvalue weighted by Gasteiger charge is 2.30. The number of carbonyl (C=O) groups excluding carboxylic acids is 4. The van der Waals surface area contributed by atoms with Crippen molar-refractivity contribution in [1.82, 2.24) is 0 Å². The molecule has 0 aliphatic heterocycles. The van der Waals surface area contributed by atoms with Gasteiger partial charge in [0.2, 0.25) is 0 Å². The van der Waals surface area contributed by atoms with Gasteiger partial charge in [-0.25, -0.2) is 9.13 Å². The predicted molar refractivity (Wildman–Crippen MR) is 368 cm³/mol. The average Bonchev–Trinajstić information content (AvgIpc) is 3.66. The molecule has 17 nitrogen and oxygen atoms in total. The number of ether oxygens (including phenoxy) is 4. The summed E-state index contributed by atoms with van der Waals surface area (Å²) in [5.74, 6) is -1.37. The number of aliphatic hydroxyl groups is 1. The summed E-state index contributed by atoms with van der Waals surface area (Å²) in [5.41, 5.74) is 0. The van der Waals surface area contributed by atoms with Gasteiger partial charge in [-0.15, -0.1) is 0 Å². The smallest absolute Gasteiger partial charge is 0.462 e. The lowest BCUT2D eigenvalue weighted by Gasteiger charge is -2.21. The first-order valence-corrected chi connectivity index (χ1v) is 40.6. The molecule has 0 spiro atoms. The van der Waals surface area contributed by atoms with E-state index in [9.17, 15) is 43.2 Å². The van der Waals surface area contributed by atoms with Crippen molar-refractivity contribution in [1.29, 1.82) is 0 Å². The molecule has 0 aromatic rings. The molecule has 0 aromatic heterocycles. The van der Waals surface area contributed by atoms with Gasteiger partial charge in [0.05, 0.1) is 26.4 Å². The van der Waals surface area contributed by atoms with E-state index in [-0.39, 0.29) is 25.7 Å². The van der Waals surface area contributed by atoms with Gasteiger partial charge in [-0.05, 0) is 31.6 Å². The second kappa shape index (κ2) is 65.4. The van der Waals surface area contributed by atoms with Gasteiger partial charge in [-0.3, -0.25) is 37.3 Å². The number of phosphoric acid groups is 2.